The van der Waals surface area contributed by atoms with E-state index in [1.54, 1.807) is 19.6 Å². The third-order valence-electron chi connectivity index (χ3n) is 4.13. The number of carbonyl (C=O) groups is 1. The fraction of sp³-hybridized carbons (Fsp3) is 0.200. The van der Waals surface area contributed by atoms with Gasteiger partial charge in [0.15, 0.2) is 0 Å². The fourth-order valence-corrected chi connectivity index (χ4v) is 2.75. The van der Waals surface area contributed by atoms with Crippen LogP contribution in [-0.2, 0) is 0 Å². The number of carbonyl (C=O) groups excluding carboxylic acids is 1. The van der Waals surface area contributed by atoms with Gasteiger partial charge in [-0.15, -0.1) is 0 Å². The Labute approximate surface area is 147 Å². The van der Waals surface area contributed by atoms with Crippen LogP contribution in [0.4, 0.5) is 0 Å². The zero-order chi connectivity index (χ0) is 17.8. The van der Waals surface area contributed by atoms with Crippen molar-refractivity contribution in [3.8, 4) is 11.4 Å². The SMILES string of the molecule is COc1ccc(C)cc1C(C)NC(=O)c1ccc(-n2ccnc2)cc1. The predicted octanol–water partition coefficient (Wildman–Crippen LogP) is 3.68. The summed E-state index contributed by atoms with van der Waals surface area (Å²) in [4.78, 5) is 16.6. The number of nitrogens with zero attached hydrogens (tertiary/aromatic N) is 2. The quantitative estimate of drug-likeness (QED) is 0.774. The van der Waals surface area contributed by atoms with Crippen LogP contribution >= 0.6 is 0 Å². The first kappa shape index (κ1) is 16.8. The van der Waals surface area contributed by atoms with Gasteiger partial charge in [-0.25, -0.2) is 4.98 Å². The van der Waals surface area contributed by atoms with Gasteiger partial charge in [0.1, 0.15) is 5.75 Å². The van der Waals surface area contributed by atoms with E-state index in [0.717, 1.165) is 22.6 Å². The number of hydrogen-bond donors (Lipinski definition) is 1. The number of aromatic nitrogens is 2. The minimum absolute atomic E-state index is 0.117. The molecule has 128 valence electrons. The molecule has 0 fully saturated rings. The van der Waals surface area contributed by atoms with Gasteiger partial charge in [-0.2, -0.15) is 0 Å². The molecule has 1 unspecified atom stereocenters. The summed E-state index contributed by atoms with van der Waals surface area (Å²) in [5, 5.41) is 3.03. The molecule has 1 aromatic heterocycles. The van der Waals surface area contributed by atoms with Crippen LogP contribution in [0.2, 0.25) is 0 Å². The molecule has 0 spiro atoms. The third-order valence-corrected chi connectivity index (χ3v) is 4.13. The van der Waals surface area contributed by atoms with Gasteiger partial charge < -0.3 is 14.6 Å². The summed E-state index contributed by atoms with van der Waals surface area (Å²) in [5.41, 5.74) is 3.66. The van der Waals surface area contributed by atoms with E-state index in [1.807, 2.05) is 67.1 Å². The van der Waals surface area contributed by atoms with E-state index in [4.69, 9.17) is 4.74 Å². The smallest absolute Gasteiger partial charge is 0.251 e. The van der Waals surface area contributed by atoms with Crippen molar-refractivity contribution in [3.05, 3.63) is 77.9 Å². The van der Waals surface area contributed by atoms with Crippen molar-refractivity contribution < 1.29 is 9.53 Å². The van der Waals surface area contributed by atoms with Crippen LogP contribution in [-0.4, -0.2) is 22.6 Å². The highest BCUT2D eigenvalue weighted by molar-refractivity contribution is 5.94. The Balaban J connectivity index is 1.74. The lowest BCUT2D eigenvalue weighted by molar-refractivity contribution is 0.0939. The number of imidazole rings is 1. The van der Waals surface area contributed by atoms with Gasteiger partial charge in [0, 0.05) is 29.2 Å². The first-order chi connectivity index (χ1) is 12.1. The minimum Gasteiger partial charge on any atom is -0.496 e. The number of amides is 1. The fourth-order valence-electron chi connectivity index (χ4n) is 2.75. The number of hydrogen-bond acceptors (Lipinski definition) is 3. The van der Waals surface area contributed by atoms with Gasteiger partial charge in [-0.05, 0) is 44.2 Å². The largest absolute Gasteiger partial charge is 0.496 e. The molecule has 1 heterocycles. The molecule has 0 aliphatic heterocycles. The Hall–Kier alpha value is -3.08. The van der Waals surface area contributed by atoms with Gasteiger partial charge in [0.2, 0.25) is 0 Å². The molecule has 1 N–H and O–H groups in total. The maximum absolute atomic E-state index is 12.5. The summed E-state index contributed by atoms with van der Waals surface area (Å²) in [6.45, 7) is 3.97. The van der Waals surface area contributed by atoms with Crippen molar-refractivity contribution in [3.63, 3.8) is 0 Å². The van der Waals surface area contributed by atoms with Gasteiger partial charge in [-0.1, -0.05) is 17.7 Å². The highest BCUT2D eigenvalue weighted by Crippen LogP contribution is 2.26. The van der Waals surface area contributed by atoms with Crippen molar-refractivity contribution >= 4 is 5.91 Å². The van der Waals surface area contributed by atoms with E-state index in [1.165, 1.54) is 0 Å². The van der Waals surface area contributed by atoms with E-state index < -0.39 is 0 Å². The molecule has 3 rings (SSSR count). The van der Waals surface area contributed by atoms with Gasteiger partial charge in [0.05, 0.1) is 19.5 Å². The summed E-state index contributed by atoms with van der Waals surface area (Å²) in [7, 11) is 1.64. The Morgan fingerprint density at radius 2 is 1.96 bits per heavy atom. The molecule has 0 bridgehead atoms. The third kappa shape index (κ3) is 3.71. The van der Waals surface area contributed by atoms with Crippen molar-refractivity contribution in [2.75, 3.05) is 7.11 Å². The van der Waals surface area contributed by atoms with E-state index >= 15 is 0 Å². The first-order valence-electron chi connectivity index (χ1n) is 8.12. The van der Waals surface area contributed by atoms with Crippen molar-refractivity contribution in [1.82, 2.24) is 14.9 Å². The number of aryl methyl sites for hydroxylation is 1. The Morgan fingerprint density at radius 1 is 1.20 bits per heavy atom. The lowest BCUT2D eigenvalue weighted by Crippen LogP contribution is -2.27. The van der Waals surface area contributed by atoms with Gasteiger partial charge >= 0.3 is 0 Å². The van der Waals surface area contributed by atoms with Crippen molar-refractivity contribution in [1.29, 1.82) is 0 Å². The van der Waals surface area contributed by atoms with Crippen LogP contribution < -0.4 is 10.1 Å². The number of nitrogens with one attached hydrogen (secondary N) is 1. The zero-order valence-electron chi connectivity index (χ0n) is 14.6. The topological polar surface area (TPSA) is 56.1 Å². The molecular weight excluding hydrogens is 314 g/mol. The molecule has 1 amide bonds. The Morgan fingerprint density at radius 3 is 2.60 bits per heavy atom. The molecule has 0 radical (unpaired) electrons. The summed E-state index contributed by atoms with van der Waals surface area (Å²) in [6.07, 6.45) is 5.31. The monoisotopic (exact) mass is 335 g/mol. The van der Waals surface area contributed by atoms with E-state index in [2.05, 4.69) is 10.3 Å². The summed E-state index contributed by atoms with van der Waals surface area (Å²) in [5.74, 6) is 0.655. The molecule has 1 atom stereocenters. The second-order valence-electron chi connectivity index (χ2n) is 5.96. The zero-order valence-corrected chi connectivity index (χ0v) is 14.6. The summed E-state index contributed by atoms with van der Waals surface area (Å²) >= 11 is 0. The van der Waals surface area contributed by atoms with Crippen LogP contribution in [0.1, 0.15) is 34.5 Å². The van der Waals surface area contributed by atoms with Crippen molar-refractivity contribution in [2.45, 2.75) is 19.9 Å². The average Bonchev–Trinajstić information content (AvgIpc) is 3.16. The summed E-state index contributed by atoms with van der Waals surface area (Å²) < 4.78 is 7.30. The minimum atomic E-state index is -0.157. The predicted molar refractivity (Wildman–Crippen MR) is 97.2 cm³/mol. The molecule has 3 aromatic rings. The maximum Gasteiger partial charge on any atom is 0.251 e. The molecule has 0 saturated heterocycles. The highest BCUT2D eigenvalue weighted by Gasteiger charge is 2.15. The number of rotatable bonds is 5. The standard InChI is InChI=1S/C20H21N3O2/c1-14-4-9-19(25-3)18(12-14)15(2)22-20(24)16-5-7-17(8-6-16)23-11-10-21-13-23/h4-13,15H,1-3H3,(H,22,24). The maximum atomic E-state index is 12.5. The van der Waals surface area contributed by atoms with Crippen LogP contribution in [0.5, 0.6) is 5.75 Å². The second-order valence-corrected chi connectivity index (χ2v) is 5.96. The molecule has 5 heteroatoms. The highest BCUT2D eigenvalue weighted by atomic mass is 16.5. The Bertz CT molecular complexity index is 855. The molecular formula is C20H21N3O2. The van der Waals surface area contributed by atoms with E-state index in [0.29, 0.717) is 5.56 Å². The number of ether oxygens (including phenoxy) is 1. The summed E-state index contributed by atoms with van der Waals surface area (Å²) in [6, 6.07) is 13.2. The Kier molecular flexibility index (Phi) is 4.84. The van der Waals surface area contributed by atoms with Crippen LogP contribution in [0.25, 0.3) is 5.69 Å². The van der Waals surface area contributed by atoms with Gasteiger partial charge in [0.25, 0.3) is 5.91 Å². The lowest BCUT2D eigenvalue weighted by Gasteiger charge is -2.18. The van der Waals surface area contributed by atoms with Crippen LogP contribution in [0.3, 0.4) is 0 Å². The van der Waals surface area contributed by atoms with Crippen LogP contribution in [0, 0.1) is 6.92 Å². The molecule has 25 heavy (non-hydrogen) atoms. The molecule has 5 nitrogen and oxygen atoms in total. The van der Waals surface area contributed by atoms with Gasteiger partial charge in [-0.3, -0.25) is 4.79 Å². The van der Waals surface area contributed by atoms with E-state index in [-0.39, 0.29) is 11.9 Å². The number of methoxy groups -OCH3 is 1. The normalized spacial score (nSPS) is 11.8. The lowest BCUT2D eigenvalue weighted by atomic mass is 10.0. The first-order valence-corrected chi connectivity index (χ1v) is 8.12. The van der Waals surface area contributed by atoms with Crippen LogP contribution in [0.15, 0.2) is 61.2 Å². The molecule has 2 aromatic carbocycles. The number of benzene rings is 2. The van der Waals surface area contributed by atoms with Crippen molar-refractivity contribution in [2.24, 2.45) is 0 Å². The molecule has 0 aliphatic rings. The van der Waals surface area contributed by atoms with E-state index in [9.17, 15) is 4.79 Å². The molecule has 0 aliphatic carbocycles. The second kappa shape index (κ2) is 7.21. The molecule has 0 saturated carbocycles. The average molecular weight is 335 g/mol.